The Balaban J connectivity index is 3.01. The summed E-state index contributed by atoms with van der Waals surface area (Å²) < 4.78 is 19.1. The fourth-order valence-corrected chi connectivity index (χ4v) is 1.69. The van der Waals surface area contributed by atoms with Gasteiger partial charge in [0.2, 0.25) is 0 Å². The highest BCUT2D eigenvalue weighted by atomic mass is 19.1. The van der Waals surface area contributed by atoms with Gasteiger partial charge in [-0.3, -0.25) is 4.90 Å². The van der Waals surface area contributed by atoms with Gasteiger partial charge in [0.05, 0.1) is 0 Å². The topological polar surface area (TPSA) is 46.6 Å². The fraction of sp³-hybridized carbons (Fsp3) is 0.467. The molecule has 5 heteroatoms. The zero-order chi connectivity index (χ0) is 15.5. The van der Waals surface area contributed by atoms with E-state index < -0.39 is 23.6 Å². The third kappa shape index (κ3) is 4.05. The second-order valence-electron chi connectivity index (χ2n) is 5.70. The summed E-state index contributed by atoms with van der Waals surface area (Å²) in [6, 6.07) is 3.52. The Morgan fingerprint density at radius 1 is 1.40 bits per heavy atom. The van der Waals surface area contributed by atoms with E-state index >= 15 is 0 Å². The van der Waals surface area contributed by atoms with Crippen LogP contribution in [0, 0.1) is 12.7 Å². The minimum Gasteiger partial charge on any atom is -0.444 e. The molecule has 0 aliphatic heterocycles. The number of carbonyl (C=O) groups excluding carboxylic acids is 2. The van der Waals surface area contributed by atoms with Gasteiger partial charge in [-0.25, -0.2) is 9.18 Å². The van der Waals surface area contributed by atoms with Gasteiger partial charge < -0.3 is 9.53 Å². The van der Waals surface area contributed by atoms with E-state index in [2.05, 4.69) is 0 Å². The molecule has 0 aromatic heterocycles. The van der Waals surface area contributed by atoms with Crippen molar-refractivity contribution in [2.24, 2.45) is 0 Å². The van der Waals surface area contributed by atoms with Gasteiger partial charge in [-0.1, -0.05) is 12.1 Å². The van der Waals surface area contributed by atoms with Crippen LogP contribution in [0.3, 0.4) is 0 Å². The van der Waals surface area contributed by atoms with Crippen molar-refractivity contribution in [2.75, 3.05) is 7.05 Å². The van der Waals surface area contributed by atoms with E-state index in [4.69, 9.17) is 4.74 Å². The molecule has 0 fully saturated rings. The van der Waals surface area contributed by atoms with Gasteiger partial charge in [0.1, 0.15) is 23.7 Å². The van der Waals surface area contributed by atoms with Crippen LogP contribution in [-0.2, 0) is 9.53 Å². The van der Waals surface area contributed by atoms with Gasteiger partial charge in [0, 0.05) is 12.6 Å². The van der Waals surface area contributed by atoms with E-state index in [9.17, 15) is 14.0 Å². The number of halogens is 1. The van der Waals surface area contributed by atoms with Crippen molar-refractivity contribution in [3.63, 3.8) is 0 Å². The summed E-state index contributed by atoms with van der Waals surface area (Å²) in [5, 5.41) is 0. The molecule has 0 radical (unpaired) electrons. The van der Waals surface area contributed by atoms with E-state index in [1.807, 2.05) is 0 Å². The van der Waals surface area contributed by atoms with Gasteiger partial charge >= 0.3 is 6.09 Å². The molecule has 1 aromatic carbocycles. The van der Waals surface area contributed by atoms with E-state index in [-0.39, 0.29) is 5.56 Å². The molecule has 0 bridgehead atoms. The Labute approximate surface area is 118 Å². The monoisotopic (exact) mass is 281 g/mol. The highest BCUT2D eigenvalue weighted by Crippen LogP contribution is 2.23. The maximum absolute atomic E-state index is 13.9. The lowest BCUT2D eigenvalue weighted by atomic mass is 10.0. The van der Waals surface area contributed by atoms with Gasteiger partial charge in [0.25, 0.3) is 0 Å². The summed E-state index contributed by atoms with van der Waals surface area (Å²) in [4.78, 5) is 24.3. The summed E-state index contributed by atoms with van der Waals surface area (Å²) in [6.45, 7) is 6.92. The average Bonchev–Trinajstić information content (AvgIpc) is 2.30. The third-order valence-corrected chi connectivity index (χ3v) is 2.70. The molecule has 0 heterocycles. The molecule has 1 atom stereocenters. The predicted molar refractivity (Wildman–Crippen MR) is 73.9 cm³/mol. The first-order chi connectivity index (χ1) is 9.15. The smallest absolute Gasteiger partial charge is 0.410 e. The number of rotatable bonds is 3. The average molecular weight is 281 g/mol. The molecule has 20 heavy (non-hydrogen) atoms. The number of aryl methyl sites for hydroxylation is 1. The molecule has 1 unspecified atom stereocenters. The molecule has 1 aromatic rings. The highest BCUT2D eigenvalue weighted by molar-refractivity contribution is 5.74. The van der Waals surface area contributed by atoms with Crippen LogP contribution in [0.4, 0.5) is 9.18 Å². The lowest BCUT2D eigenvalue weighted by Gasteiger charge is -2.28. The van der Waals surface area contributed by atoms with Gasteiger partial charge in [-0.05, 0) is 39.3 Å². The Hall–Kier alpha value is -1.91. The van der Waals surface area contributed by atoms with Crippen molar-refractivity contribution in [1.82, 2.24) is 4.90 Å². The fourth-order valence-electron chi connectivity index (χ4n) is 1.69. The number of likely N-dealkylation sites (N-methyl/N-ethyl adjacent to an activating group) is 1. The van der Waals surface area contributed by atoms with Gasteiger partial charge in [-0.2, -0.15) is 0 Å². The van der Waals surface area contributed by atoms with Crippen molar-refractivity contribution < 1.29 is 18.7 Å². The normalized spacial score (nSPS) is 12.7. The summed E-state index contributed by atoms with van der Waals surface area (Å²) in [6.07, 6.45) is -0.146. The molecule has 0 N–H and O–H groups in total. The molecule has 0 spiro atoms. The molecule has 0 aliphatic rings. The standard InChI is InChI=1S/C15H20FNO3/c1-10-6-7-11(12(16)8-10)13(9-18)17(5)14(19)20-15(2,3)4/h6-9,13H,1-5H3. The second kappa shape index (κ2) is 6.03. The Morgan fingerprint density at radius 3 is 2.45 bits per heavy atom. The highest BCUT2D eigenvalue weighted by Gasteiger charge is 2.27. The minimum atomic E-state index is -1.01. The summed E-state index contributed by atoms with van der Waals surface area (Å²) in [7, 11) is 1.41. The lowest BCUT2D eigenvalue weighted by Crippen LogP contribution is -2.37. The van der Waals surface area contributed by atoms with Crippen molar-refractivity contribution in [3.8, 4) is 0 Å². The number of aldehydes is 1. The van der Waals surface area contributed by atoms with E-state index in [1.165, 1.54) is 19.2 Å². The summed E-state index contributed by atoms with van der Waals surface area (Å²) >= 11 is 0. The first-order valence-corrected chi connectivity index (χ1v) is 6.33. The zero-order valence-electron chi connectivity index (χ0n) is 12.4. The number of ether oxygens (including phenoxy) is 1. The number of carbonyl (C=O) groups is 2. The summed E-state index contributed by atoms with van der Waals surface area (Å²) in [5.74, 6) is -0.516. The van der Waals surface area contributed by atoms with Crippen molar-refractivity contribution >= 4 is 12.4 Å². The van der Waals surface area contributed by atoms with Crippen LogP contribution < -0.4 is 0 Å². The molecule has 4 nitrogen and oxygen atoms in total. The van der Waals surface area contributed by atoms with E-state index in [0.29, 0.717) is 6.29 Å². The molecule has 1 amide bonds. The zero-order valence-corrected chi connectivity index (χ0v) is 12.4. The van der Waals surface area contributed by atoms with Gasteiger partial charge in [-0.15, -0.1) is 0 Å². The van der Waals surface area contributed by atoms with Crippen LogP contribution in [0.1, 0.15) is 37.9 Å². The maximum atomic E-state index is 13.9. The molecule has 110 valence electrons. The van der Waals surface area contributed by atoms with Crippen LogP contribution in [0.15, 0.2) is 18.2 Å². The van der Waals surface area contributed by atoms with Crippen molar-refractivity contribution in [3.05, 3.63) is 35.1 Å². The lowest BCUT2D eigenvalue weighted by molar-refractivity contribution is -0.112. The Morgan fingerprint density at radius 2 is 2.00 bits per heavy atom. The first-order valence-electron chi connectivity index (χ1n) is 6.33. The van der Waals surface area contributed by atoms with E-state index in [1.54, 1.807) is 33.8 Å². The number of hydrogen-bond donors (Lipinski definition) is 0. The molecule has 0 aliphatic carbocycles. The minimum absolute atomic E-state index is 0.152. The molecule has 0 saturated carbocycles. The van der Waals surface area contributed by atoms with E-state index in [0.717, 1.165) is 10.5 Å². The van der Waals surface area contributed by atoms with Crippen LogP contribution >= 0.6 is 0 Å². The Bertz CT molecular complexity index is 508. The molecular formula is C15H20FNO3. The quantitative estimate of drug-likeness (QED) is 0.799. The molecule has 1 rings (SSSR count). The predicted octanol–water partition coefficient (Wildman–Crippen LogP) is 3.24. The number of hydrogen-bond acceptors (Lipinski definition) is 3. The number of benzene rings is 1. The van der Waals surface area contributed by atoms with Gasteiger partial charge in [0.15, 0.2) is 0 Å². The molecule has 0 saturated heterocycles. The number of amides is 1. The first kappa shape index (κ1) is 16.1. The second-order valence-corrected chi connectivity index (χ2v) is 5.70. The largest absolute Gasteiger partial charge is 0.444 e. The van der Waals surface area contributed by atoms with Crippen LogP contribution in [0.5, 0.6) is 0 Å². The summed E-state index contributed by atoms with van der Waals surface area (Å²) in [5.41, 5.74) is 0.222. The SMILES string of the molecule is Cc1ccc(C(C=O)N(C)C(=O)OC(C)(C)C)c(F)c1. The van der Waals surface area contributed by atoms with Crippen LogP contribution in [0.2, 0.25) is 0 Å². The van der Waals surface area contributed by atoms with Crippen LogP contribution in [-0.4, -0.2) is 29.9 Å². The van der Waals surface area contributed by atoms with Crippen LogP contribution in [0.25, 0.3) is 0 Å². The van der Waals surface area contributed by atoms with Crippen molar-refractivity contribution in [1.29, 1.82) is 0 Å². The Kier molecular flexibility index (Phi) is 4.87. The third-order valence-electron chi connectivity index (χ3n) is 2.70. The number of nitrogens with zero attached hydrogens (tertiary/aromatic N) is 1. The molecular weight excluding hydrogens is 261 g/mol. The van der Waals surface area contributed by atoms with Crippen molar-refractivity contribution in [2.45, 2.75) is 39.3 Å². The maximum Gasteiger partial charge on any atom is 0.410 e.